The number of hydrogen-bond donors (Lipinski definition) is 8. The number of carbonyl (C=O) groups excluding carboxylic acids is 2. The van der Waals surface area contributed by atoms with Crippen molar-refractivity contribution in [3.8, 4) is 0 Å². The van der Waals surface area contributed by atoms with Crippen molar-refractivity contribution < 1.29 is 27.1 Å². The van der Waals surface area contributed by atoms with E-state index in [2.05, 4.69) is 159 Å². The van der Waals surface area contributed by atoms with Crippen LogP contribution in [0.1, 0.15) is 155 Å². The largest absolute Gasteiger partial charge is 0.379 e. The second-order valence-corrected chi connectivity index (χ2v) is 33.6. The van der Waals surface area contributed by atoms with E-state index in [1.165, 1.54) is 51.8 Å². The number of morpholine rings is 1. The van der Waals surface area contributed by atoms with E-state index in [0.29, 0.717) is 130 Å². The van der Waals surface area contributed by atoms with Crippen LogP contribution in [-0.4, -0.2) is 201 Å². The number of halogens is 4. The lowest BCUT2D eigenvalue weighted by Gasteiger charge is -2.34. The van der Waals surface area contributed by atoms with Crippen molar-refractivity contribution in [1.82, 2.24) is 89.4 Å². The number of aromatic amines is 3. The average molecular weight is 1650 g/mol. The minimum atomic E-state index is -3.59. The molecule has 12 heterocycles. The van der Waals surface area contributed by atoms with Crippen molar-refractivity contribution in [2.75, 3.05) is 118 Å². The number of pyridine rings is 1. The molecule has 0 spiro atoms. The number of hydrogen-bond acceptors (Lipinski definition) is 22. The van der Waals surface area contributed by atoms with Crippen molar-refractivity contribution in [2.24, 2.45) is 0 Å². The van der Waals surface area contributed by atoms with Crippen LogP contribution < -0.4 is 26.6 Å². The molecule has 2 amide bonds. The van der Waals surface area contributed by atoms with Crippen molar-refractivity contribution in [1.29, 1.82) is 0 Å². The fourth-order valence-corrected chi connectivity index (χ4v) is 17.4. The van der Waals surface area contributed by atoms with Crippen LogP contribution in [0.25, 0.3) is 0 Å². The Morgan fingerprint density at radius 1 is 0.504 bits per heavy atom. The highest BCUT2D eigenvalue weighted by Crippen LogP contribution is 2.39. The number of amides is 2. The molecule has 3 aromatic carbocycles. The third-order valence-corrected chi connectivity index (χ3v) is 24.7. The average Bonchev–Trinajstić information content (AvgIpc) is 1.49. The lowest BCUT2D eigenvalue weighted by Crippen LogP contribution is -2.42. The summed E-state index contributed by atoms with van der Waals surface area (Å²) >= 11 is 18.9. The summed E-state index contributed by atoms with van der Waals surface area (Å²) in [5, 5.41) is 38.3. The molecule has 33 heteroatoms. The summed E-state index contributed by atoms with van der Waals surface area (Å²) in [5.74, 6) is 5.76. The van der Waals surface area contributed by atoms with Gasteiger partial charge >= 0.3 is 0 Å². The zero-order valence-electron chi connectivity index (χ0n) is 66.3. The van der Waals surface area contributed by atoms with Crippen LogP contribution in [0.15, 0.2) is 103 Å². The first kappa shape index (κ1) is 83.2. The van der Waals surface area contributed by atoms with Gasteiger partial charge in [-0.3, -0.25) is 34.8 Å². The van der Waals surface area contributed by atoms with Crippen LogP contribution >= 0.6 is 34.8 Å². The molecule has 5 aliphatic heterocycles. The van der Waals surface area contributed by atoms with Gasteiger partial charge < -0.3 is 46.0 Å². The Morgan fingerprint density at radius 2 is 0.930 bits per heavy atom. The van der Waals surface area contributed by atoms with Crippen LogP contribution in [-0.2, 0) is 30.8 Å². The highest BCUT2D eigenvalue weighted by atomic mass is 35.5. The number of rotatable bonds is 23. The van der Waals surface area contributed by atoms with E-state index in [4.69, 9.17) is 39.5 Å². The molecule has 0 bridgehead atoms. The summed E-state index contributed by atoms with van der Waals surface area (Å²) in [5.41, 5.74) is 14.4. The Labute approximate surface area is 685 Å². The summed E-state index contributed by atoms with van der Waals surface area (Å²) in [6, 6.07) is 21.0. The molecular weight excluding hydrogens is 1540 g/mol. The van der Waals surface area contributed by atoms with Gasteiger partial charge in [0.25, 0.3) is 0 Å². The molecule has 7 aromatic heterocycles. The number of nitrogens with zero attached hydrogens (tertiary/aromatic N) is 15. The van der Waals surface area contributed by atoms with Crippen molar-refractivity contribution in [3.63, 3.8) is 0 Å². The number of H-pyrrole nitrogens is 3. The predicted octanol–water partition coefficient (Wildman–Crippen LogP) is 15.1. The molecular formula is C82H101Cl3FN23O5S. The molecule has 0 radical (unpaired) electrons. The van der Waals surface area contributed by atoms with Crippen LogP contribution in [0.5, 0.6) is 0 Å². The summed E-state index contributed by atoms with van der Waals surface area (Å²) in [7, 11) is -3.59. The van der Waals surface area contributed by atoms with Crippen molar-refractivity contribution in [2.45, 2.75) is 149 Å². The first-order valence-electron chi connectivity index (χ1n) is 39.4. The summed E-state index contributed by atoms with van der Waals surface area (Å²) in [4.78, 5) is 65.1. The van der Waals surface area contributed by atoms with E-state index < -0.39 is 10.0 Å². The van der Waals surface area contributed by atoms with Crippen molar-refractivity contribution in [3.05, 3.63) is 192 Å². The number of likely N-dealkylation sites (tertiary alicyclic amines) is 3. The number of nitrogens with one attached hydrogen (secondary N) is 8. The highest BCUT2D eigenvalue weighted by Gasteiger charge is 2.33. The zero-order chi connectivity index (χ0) is 80.9. The molecule has 608 valence electrons. The Balaban J connectivity index is 0.000000150. The Bertz CT molecular complexity index is 5130. The van der Waals surface area contributed by atoms with Crippen LogP contribution in [0.2, 0.25) is 15.1 Å². The second-order valence-electron chi connectivity index (χ2n) is 30.4. The highest BCUT2D eigenvalue weighted by molar-refractivity contribution is 7.89. The molecule has 115 heavy (non-hydrogen) atoms. The molecule has 0 saturated carbocycles. The number of piperidine rings is 3. The smallest absolute Gasteiger partial charge is 0.244 e. The van der Waals surface area contributed by atoms with Gasteiger partial charge in [-0.15, -0.1) is 0 Å². The molecule has 8 N–H and O–H groups in total. The third kappa shape index (κ3) is 21.9. The summed E-state index contributed by atoms with van der Waals surface area (Å²) < 4.78 is 48.0. The van der Waals surface area contributed by atoms with Gasteiger partial charge in [0.1, 0.15) is 31.6 Å². The molecule has 5 aliphatic rings. The molecule has 5 saturated heterocycles. The maximum atomic E-state index is 15.3. The normalized spacial score (nSPS) is 16.2. The van der Waals surface area contributed by atoms with Gasteiger partial charge in [0.05, 0.1) is 31.8 Å². The Morgan fingerprint density at radius 3 is 1.37 bits per heavy atom. The van der Waals surface area contributed by atoms with Crippen molar-refractivity contribution >= 4 is 115 Å². The number of sulfonamides is 1. The van der Waals surface area contributed by atoms with Crippen LogP contribution in [0, 0.1) is 61.2 Å². The number of benzene rings is 3. The Kier molecular flexibility index (Phi) is 27.7. The first-order valence-corrected chi connectivity index (χ1v) is 42.0. The predicted molar refractivity (Wildman–Crippen MR) is 448 cm³/mol. The van der Waals surface area contributed by atoms with E-state index in [9.17, 15) is 18.0 Å². The van der Waals surface area contributed by atoms with Gasteiger partial charge in [0.2, 0.25) is 33.7 Å². The Hall–Kier alpha value is -9.79. The van der Waals surface area contributed by atoms with E-state index >= 15 is 4.39 Å². The summed E-state index contributed by atoms with van der Waals surface area (Å²) in [6.45, 7) is 27.6. The number of aromatic nitrogens is 13. The maximum absolute atomic E-state index is 15.3. The fourth-order valence-electron chi connectivity index (χ4n) is 15.6. The molecule has 0 unspecified atom stereocenters. The van der Waals surface area contributed by atoms with Gasteiger partial charge in [0.15, 0.2) is 34.9 Å². The van der Waals surface area contributed by atoms with Gasteiger partial charge in [0, 0.05) is 144 Å². The molecule has 28 nitrogen and oxygen atoms in total. The van der Waals surface area contributed by atoms with Gasteiger partial charge in [-0.25, -0.2) is 32.7 Å². The molecule has 0 atom stereocenters. The topological polar surface area (TPSA) is 330 Å². The molecule has 15 rings (SSSR count). The van der Waals surface area contributed by atoms with E-state index in [-0.39, 0.29) is 29.0 Å². The quantitative estimate of drug-likeness (QED) is 0.0295. The van der Waals surface area contributed by atoms with Crippen LogP contribution in [0.3, 0.4) is 0 Å². The monoisotopic (exact) mass is 1640 g/mol. The number of anilines is 10. The third-order valence-electron chi connectivity index (χ3n) is 22.0. The lowest BCUT2D eigenvalue weighted by molar-refractivity contribution is -0.133. The number of ether oxygens (including phenoxy) is 1. The van der Waals surface area contributed by atoms with E-state index in [1.54, 1.807) is 36.8 Å². The lowest BCUT2D eigenvalue weighted by atomic mass is 9.85. The zero-order valence-corrected chi connectivity index (χ0v) is 69.4. The first-order chi connectivity index (χ1) is 55.4. The number of carbonyl (C=O) groups is 2. The molecule has 0 aliphatic carbocycles. The van der Waals surface area contributed by atoms with E-state index in [1.807, 2.05) is 56.9 Å². The van der Waals surface area contributed by atoms with Crippen LogP contribution in [0.4, 0.5) is 62.6 Å². The van der Waals surface area contributed by atoms with Gasteiger partial charge in [-0.1, -0.05) is 53.0 Å². The summed E-state index contributed by atoms with van der Waals surface area (Å²) in [6.07, 6.45) is 16.7. The van der Waals surface area contributed by atoms with Gasteiger partial charge in [-0.2, -0.15) is 29.6 Å². The molecule has 10 aromatic rings. The minimum Gasteiger partial charge on any atom is -0.379 e. The standard InChI is InChI=1S/C28H37ClN8O2.C28H37ClN8O.C26H27ClFN7O2S/c1-18-15-24(31-28-30-17-23(29)27(33-28)32-25-16-20(3)34-35-25)19(2)14-22(18)21-4-8-37(9-5-21)26(38)6-7-36-10-12-39-13-11-36;1-18-15-24(31-28-30-17-23(29)27(33-28)32-25-16-20(3)34-35-25)19(2)14-22(18)21-6-12-37(13-7-21)26(38)8-11-36-9-4-5-10-36;1-16-10-19(12-24-30-15-22(27)26(31-24)32-25-11-17(2)33-34-25)23(28)13-21(16)18-5-8-35(9-6-18)38(36,37)20-4-3-7-29-14-20/h14-17,21H,4-13H2,1-3H3,(H3,30,31,32,33,34,35);14-17,21H,4-13H2,1-3H3,(H3,30,31,32,33,34,35);3-4,7,10-11,13-15,18H,5-6,8-9,12H2,1-2H3,(H2,30,31,32,33,34). The SMILES string of the molecule is Cc1cc(Nc2nc(Cc3cc(C)c(C4CCN(S(=O)(=O)c5cccnc5)CC4)cc3F)ncc2Cl)n[nH]1.Cc1cc(Nc2nc(Nc3cc(C)c(C4CCN(C(=O)CCN5CCCC5)CC4)cc3C)ncc2Cl)n[nH]1.Cc1cc(Nc2nc(Nc3cc(C)c(C4CCN(C(=O)CCN5CCOCC5)CC4)cc3C)ncc2Cl)n[nH]1. The fraction of sp³-hybridized carbons (Fsp3) is 0.439. The maximum Gasteiger partial charge on any atom is 0.244 e. The van der Waals surface area contributed by atoms with E-state index in [0.717, 1.165) is 155 Å². The molecule has 5 fully saturated rings. The van der Waals surface area contributed by atoms with Gasteiger partial charge in [-0.05, 0) is 218 Å². The number of aryl methyl sites for hydroxylation is 8. The minimum absolute atomic E-state index is 0.0683. The second kappa shape index (κ2) is 38.3.